The molecule has 2 aromatic rings. The van der Waals surface area contributed by atoms with E-state index >= 15 is 0 Å². The standard InChI is InChI=1S/C15H19N5/c1-2-4-15(5-3-1)20-17-8-14(18-20)11-19-9-12-6-16-7-13(12)10-19/h1-5,8,12-13,16H,6-7,9-11H2. The summed E-state index contributed by atoms with van der Waals surface area (Å²) in [6.45, 7) is 5.65. The van der Waals surface area contributed by atoms with Gasteiger partial charge in [-0.1, -0.05) is 18.2 Å². The van der Waals surface area contributed by atoms with Crippen LogP contribution >= 0.6 is 0 Å². The zero-order valence-corrected chi connectivity index (χ0v) is 11.4. The minimum atomic E-state index is 0.833. The summed E-state index contributed by atoms with van der Waals surface area (Å²) in [5.41, 5.74) is 2.07. The molecule has 3 heterocycles. The molecule has 2 aliphatic rings. The number of hydrogen-bond donors (Lipinski definition) is 1. The molecule has 2 atom stereocenters. The lowest BCUT2D eigenvalue weighted by Crippen LogP contribution is -2.25. The summed E-state index contributed by atoms with van der Waals surface area (Å²) < 4.78 is 0. The van der Waals surface area contributed by atoms with Crippen LogP contribution in [0, 0.1) is 11.8 Å². The van der Waals surface area contributed by atoms with Crippen molar-refractivity contribution in [2.75, 3.05) is 26.2 Å². The number of hydrogen-bond acceptors (Lipinski definition) is 4. The molecule has 1 aromatic heterocycles. The highest BCUT2D eigenvalue weighted by atomic mass is 15.5. The van der Waals surface area contributed by atoms with E-state index in [0.29, 0.717) is 0 Å². The number of rotatable bonds is 3. The number of aromatic nitrogens is 3. The fourth-order valence-corrected chi connectivity index (χ4v) is 3.36. The topological polar surface area (TPSA) is 46.0 Å². The van der Waals surface area contributed by atoms with Gasteiger partial charge in [-0.05, 0) is 37.1 Å². The molecule has 5 nitrogen and oxygen atoms in total. The Morgan fingerprint density at radius 2 is 1.85 bits per heavy atom. The maximum Gasteiger partial charge on any atom is 0.0971 e. The Balaban J connectivity index is 1.44. The molecule has 0 radical (unpaired) electrons. The van der Waals surface area contributed by atoms with E-state index in [1.165, 1.54) is 26.2 Å². The number of fused-ring (bicyclic) bond motifs is 1. The highest BCUT2D eigenvalue weighted by molar-refractivity contribution is 5.28. The van der Waals surface area contributed by atoms with Crippen molar-refractivity contribution in [2.45, 2.75) is 6.54 Å². The second-order valence-corrected chi connectivity index (χ2v) is 5.83. The van der Waals surface area contributed by atoms with Gasteiger partial charge < -0.3 is 5.32 Å². The van der Waals surface area contributed by atoms with Crippen LogP contribution in [0.3, 0.4) is 0 Å². The van der Waals surface area contributed by atoms with Crippen LogP contribution in [0.15, 0.2) is 36.5 Å². The Morgan fingerprint density at radius 3 is 2.60 bits per heavy atom. The lowest BCUT2D eigenvalue weighted by molar-refractivity contribution is 0.301. The van der Waals surface area contributed by atoms with Crippen molar-refractivity contribution in [3.8, 4) is 5.69 Å². The molecule has 5 heteroatoms. The monoisotopic (exact) mass is 269 g/mol. The van der Waals surface area contributed by atoms with Crippen molar-refractivity contribution in [1.82, 2.24) is 25.2 Å². The highest BCUT2D eigenvalue weighted by Gasteiger charge is 2.36. The third-order valence-electron chi connectivity index (χ3n) is 4.38. The van der Waals surface area contributed by atoms with Crippen molar-refractivity contribution < 1.29 is 0 Å². The molecular weight excluding hydrogens is 250 g/mol. The Bertz CT molecular complexity index is 567. The summed E-state index contributed by atoms with van der Waals surface area (Å²) in [4.78, 5) is 4.23. The van der Waals surface area contributed by atoms with Crippen molar-refractivity contribution >= 4 is 0 Å². The molecule has 1 N–H and O–H groups in total. The number of para-hydroxylation sites is 1. The maximum absolute atomic E-state index is 4.59. The summed E-state index contributed by atoms with van der Waals surface area (Å²) >= 11 is 0. The lowest BCUT2D eigenvalue weighted by atomic mass is 10.0. The van der Waals surface area contributed by atoms with E-state index in [4.69, 9.17) is 0 Å². The highest BCUT2D eigenvalue weighted by Crippen LogP contribution is 2.27. The molecule has 4 rings (SSSR count). The largest absolute Gasteiger partial charge is 0.316 e. The molecule has 2 aliphatic heterocycles. The predicted octanol–water partition coefficient (Wildman–Crippen LogP) is 0.918. The van der Waals surface area contributed by atoms with E-state index in [1.807, 2.05) is 36.5 Å². The molecule has 0 saturated carbocycles. The zero-order valence-electron chi connectivity index (χ0n) is 11.4. The SMILES string of the molecule is c1ccc(-n2ncc(CN3CC4CNCC4C3)n2)cc1. The number of likely N-dealkylation sites (tertiary alicyclic amines) is 1. The number of nitrogens with zero attached hydrogens (tertiary/aromatic N) is 4. The van der Waals surface area contributed by atoms with Gasteiger partial charge in [0, 0.05) is 19.6 Å². The van der Waals surface area contributed by atoms with Gasteiger partial charge in [-0.3, -0.25) is 4.90 Å². The summed E-state index contributed by atoms with van der Waals surface area (Å²) in [5.74, 6) is 1.67. The fraction of sp³-hybridized carbons (Fsp3) is 0.467. The molecule has 1 aromatic carbocycles. The third-order valence-corrected chi connectivity index (χ3v) is 4.38. The Labute approximate surface area is 118 Å². The van der Waals surface area contributed by atoms with E-state index in [9.17, 15) is 0 Å². The van der Waals surface area contributed by atoms with Crippen LogP contribution in [-0.2, 0) is 6.54 Å². The molecule has 2 fully saturated rings. The average molecular weight is 269 g/mol. The van der Waals surface area contributed by atoms with Crippen LogP contribution in [0.5, 0.6) is 0 Å². The quantitative estimate of drug-likeness (QED) is 0.900. The van der Waals surface area contributed by atoms with Crippen LogP contribution in [0.4, 0.5) is 0 Å². The minimum Gasteiger partial charge on any atom is -0.316 e. The van der Waals surface area contributed by atoms with Crippen LogP contribution in [0.25, 0.3) is 5.69 Å². The van der Waals surface area contributed by atoms with Gasteiger partial charge in [0.05, 0.1) is 17.6 Å². The van der Waals surface area contributed by atoms with E-state index in [0.717, 1.165) is 29.8 Å². The Morgan fingerprint density at radius 1 is 1.10 bits per heavy atom. The van der Waals surface area contributed by atoms with Crippen molar-refractivity contribution in [1.29, 1.82) is 0 Å². The van der Waals surface area contributed by atoms with Crippen molar-refractivity contribution in [3.63, 3.8) is 0 Å². The summed E-state index contributed by atoms with van der Waals surface area (Å²) in [5, 5.41) is 12.4. The second kappa shape index (κ2) is 5.00. The first-order valence-corrected chi connectivity index (χ1v) is 7.28. The van der Waals surface area contributed by atoms with Crippen LogP contribution in [0.1, 0.15) is 5.69 Å². The van der Waals surface area contributed by atoms with Crippen LogP contribution < -0.4 is 5.32 Å². The van der Waals surface area contributed by atoms with E-state index in [2.05, 4.69) is 20.4 Å². The molecule has 0 aliphatic carbocycles. The number of benzene rings is 1. The minimum absolute atomic E-state index is 0.833. The van der Waals surface area contributed by atoms with Gasteiger partial charge in [0.25, 0.3) is 0 Å². The van der Waals surface area contributed by atoms with Gasteiger partial charge in [0.2, 0.25) is 0 Å². The molecule has 104 valence electrons. The summed E-state index contributed by atoms with van der Waals surface area (Å²) in [6.07, 6.45) is 1.89. The van der Waals surface area contributed by atoms with Crippen molar-refractivity contribution in [2.24, 2.45) is 11.8 Å². The van der Waals surface area contributed by atoms with Crippen LogP contribution in [0.2, 0.25) is 0 Å². The normalized spacial score (nSPS) is 26.0. The van der Waals surface area contributed by atoms with Gasteiger partial charge in [-0.25, -0.2) is 0 Å². The van der Waals surface area contributed by atoms with Crippen LogP contribution in [-0.4, -0.2) is 46.1 Å². The molecule has 2 saturated heterocycles. The van der Waals surface area contributed by atoms with E-state index in [1.54, 1.807) is 4.80 Å². The average Bonchev–Trinajstić information content (AvgIpc) is 3.16. The lowest BCUT2D eigenvalue weighted by Gasteiger charge is -2.14. The fourth-order valence-electron chi connectivity index (χ4n) is 3.36. The first-order chi connectivity index (χ1) is 9.88. The molecular formula is C15H19N5. The summed E-state index contributed by atoms with van der Waals surface area (Å²) in [6, 6.07) is 10.1. The van der Waals surface area contributed by atoms with Crippen molar-refractivity contribution in [3.05, 3.63) is 42.2 Å². The Hall–Kier alpha value is -1.72. The molecule has 0 spiro atoms. The molecule has 0 amide bonds. The molecule has 20 heavy (non-hydrogen) atoms. The van der Waals surface area contributed by atoms with Gasteiger partial charge in [0.1, 0.15) is 0 Å². The van der Waals surface area contributed by atoms with Gasteiger partial charge in [-0.2, -0.15) is 15.0 Å². The van der Waals surface area contributed by atoms with Gasteiger partial charge in [0.15, 0.2) is 0 Å². The zero-order chi connectivity index (χ0) is 13.4. The summed E-state index contributed by atoms with van der Waals surface area (Å²) in [7, 11) is 0. The smallest absolute Gasteiger partial charge is 0.0971 e. The number of nitrogens with one attached hydrogen (secondary N) is 1. The van der Waals surface area contributed by atoms with Gasteiger partial charge in [-0.15, -0.1) is 0 Å². The Kier molecular flexibility index (Phi) is 3.01. The van der Waals surface area contributed by atoms with E-state index in [-0.39, 0.29) is 0 Å². The second-order valence-electron chi connectivity index (χ2n) is 5.83. The third kappa shape index (κ3) is 2.23. The first kappa shape index (κ1) is 12.1. The first-order valence-electron chi connectivity index (χ1n) is 7.28. The molecule has 0 bridgehead atoms. The molecule has 2 unspecified atom stereocenters. The van der Waals surface area contributed by atoms with E-state index < -0.39 is 0 Å². The predicted molar refractivity (Wildman–Crippen MR) is 76.5 cm³/mol. The maximum atomic E-state index is 4.59. The van der Waals surface area contributed by atoms with Gasteiger partial charge >= 0.3 is 0 Å².